The normalized spacial score (nSPS) is 11.6. The zero-order valence-electron chi connectivity index (χ0n) is 9.72. The molecular weight excluding hydrogens is 218 g/mol. The molecule has 0 radical (unpaired) electrons. The molecule has 4 nitrogen and oxygen atoms in total. The van der Waals surface area contributed by atoms with Crippen LogP contribution >= 0.6 is 0 Å². The van der Waals surface area contributed by atoms with E-state index >= 15 is 0 Å². The Labute approximate surface area is 100 Å². The van der Waals surface area contributed by atoms with Crippen molar-refractivity contribution in [1.82, 2.24) is 0 Å². The fraction of sp³-hybridized carbons (Fsp3) is 0.385. The van der Waals surface area contributed by atoms with E-state index in [1.165, 1.54) is 0 Å². The van der Waals surface area contributed by atoms with Crippen molar-refractivity contribution in [2.24, 2.45) is 0 Å². The molecule has 1 aromatic rings. The molecule has 1 aromatic carbocycles. The Morgan fingerprint density at radius 1 is 1.47 bits per heavy atom. The van der Waals surface area contributed by atoms with E-state index in [9.17, 15) is 9.90 Å². The predicted molar refractivity (Wildman–Crippen MR) is 62.0 cm³/mol. The molecular formula is C13H15NO3. The van der Waals surface area contributed by atoms with Crippen LogP contribution in [0.25, 0.3) is 0 Å². The van der Waals surface area contributed by atoms with Crippen molar-refractivity contribution < 1.29 is 14.6 Å². The van der Waals surface area contributed by atoms with Gasteiger partial charge < -0.3 is 9.84 Å². The molecule has 90 valence electrons. The number of nitriles is 1. The van der Waals surface area contributed by atoms with Gasteiger partial charge >= 0.3 is 5.97 Å². The monoisotopic (exact) mass is 233 g/mol. The highest BCUT2D eigenvalue weighted by Crippen LogP contribution is 2.17. The number of rotatable bonds is 5. The lowest BCUT2D eigenvalue weighted by Gasteiger charge is -2.10. The molecule has 0 fully saturated rings. The first-order valence-corrected chi connectivity index (χ1v) is 5.51. The molecule has 17 heavy (non-hydrogen) atoms. The number of nitrogens with zero attached hydrogens (tertiary/aromatic N) is 1. The van der Waals surface area contributed by atoms with Gasteiger partial charge in [-0.2, -0.15) is 5.26 Å². The summed E-state index contributed by atoms with van der Waals surface area (Å²) in [6, 6.07) is 8.47. The average molecular weight is 233 g/mol. The third-order valence-electron chi connectivity index (χ3n) is 2.25. The fourth-order valence-electron chi connectivity index (χ4n) is 1.33. The van der Waals surface area contributed by atoms with E-state index in [2.05, 4.69) is 0 Å². The number of carbonyl (C=O) groups is 1. The second kappa shape index (κ2) is 6.66. The Kier molecular flexibility index (Phi) is 5.18. The van der Waals surface area contributed by atoms with Crippen LogP contribution in [-0.2, 0) is 9.53 Å². The van der Waals surface area contributed by atoms with Crippen LogP contribution in [0.15, 0.2) is 24.3 Å². The van der Waals surface area contributed by atoms with Crippen molar-refractivity contribution in [3.05, 3.63) is 35.4 Å². The van der Waals surface area contributed by atoms with Crippen LogP contribution in [-0.4, -0.2) is 17.7 Å². The van der Waals surface area contributed by atoms with E-state index in [4.69, 9.17) is 10.00 Å². The molecule has 1 rings (SSSR count). The number of benzene rings is 1. The summed E-state index contributed by atoms with van der Waals surface area (Å²) in [6.45, 7) is 2.28. The Hall–Kier alpha value is -1.86. The highest BCUT2D eigenvalue weighted by Gasteiger charge is 2.13. The average Bonchev–Trinajstić information content (AvgIpc) is 2.36. The van der Waals surface area contributed by atoms with Crippen LogP contribution in [0.3, 0.4) is 0 Å². The highest BCUT2D eigenvalue weighted by molar-refractivity contribution is 5.70. The van der Waals surface area contributed by atoms with Gasteiger partial charge in [-0.3, -0.25) is 4.79 Å². The van der Waals surface area contributed by atoms with Crippen molar-refractivity contribution in [1.29, 1.82) is 5.26 Å². The minimum Gasteiger partial charge on any atom is -0.466 e. The van der Waals surface area contributed by atoms with Gasteiger partial charge in [0.15, 0.2) is 0 Å². The third-order valence-corrected chi connectivity index (χ3v) is 2.25. The van der Waals surface area contributed by atoms with Gasteiger partial charge in [0.1, 0.15) is 0 Å². The van der Waals surface area contributed by atoms with E-state index in [0.717, 1.165) is 6.42 Å². The summed E-state index contributed by atoms with van der Waals surface area (Å²) in [5.74, 6) is -0.413. The number of ether oxygens (including phenoxy) is 1. The lowest BCUT2D eigenvalue weighted by atomic mass is 10.1. The Bertz CT molecular complexity index is 406. The molecule has 0 spiro atoms. The highest BCUT2D eigenvalue weighted by atomic mass is 16.5. The van der Waals surface area contributed by atoms with E-state index in [1.54, 1.807) is 24.3 Å². The van der Waals surface area contributed by atoms with E-state index in [-0.39, 0.29) is 6.42 Å². The van der Waals surface area contributed by atoms with Gasteiger partial charge in [-0.15, -0.1) is 0 Å². The van der Waals surface area contributed by atoms with Crippen molar-refractivity contribution >= 4 is 5.97 Å². The molecule has 0 aliphatic heterocycles. The van der Waals surface area contributed by atoms with Gasteiger partial charge in [0.05, 0.1) is 30.8 Å². The first kappa shape index (κ1) is 13.2. The standard InChI is InChI=1S/C13H15NO3/c1-2-7-17-13(16)8-12(15)11-5-3-10(9-14)4-6-11/h3-6,12,15H,2,7-8H2,1H3. The van der Waals surface area contributed by atoms with Gasteiger partial charge in [0, 0.05) is 0 Å². The van der Waals surface area contributed by atoms with Crippen molar-refractivity contribution in [3.8, 4) is 6.07 Å². The molecule has 0 amide bonds. The molecule has 1 atom stereocenters. The number of esters is 1. The van der Waals surface area contributed by atoms with E-state index in [1.807, 2.05) is 13.0 Å². The third kappa shape index (κ3) is 4.25. The molecule has 1 unspecified atom stereocenters. The lowest BCUT2D eigenvalue weighted by molar-refractivity contribution is -0.146. The van der Waals surface area contributed by atoms with Gasteiger partial charge in [-0.25, -0.2) is 0 Å². The van der Waals surface area contributed by atoms with Crippen LogP contribution in [0.2, 0.25) is 0 Å². The van der Waals surface area contributed by atoms with E-state index in [0.29, 0.717) is 17.7 Å². The zero-order chi connectivity index (χ0) is 12.7. The van der Waals surface area contributed by atoms with Crippen molar-refractivity contribution in [2.75, 3.05) is 6.61 Å². The van der Waals surface area contributed by atoms with Crippen LogP contribution in [0.5, 0.6) is 0 Å². The lowest BCUT2D eigenvalue weighted by Crippen LogP contribution is -2.10. The SMILES string of the molecule is CCCOC(=O)CC(O)c1ccc(C#N)cc1. The maximum Gasteiger partial charge on any atom is 0.308 e. The van der Waals surface area contributed by atoms with Crippen LogP contribution in [0.4, 0.5) is 0 Å². The second-order valence-corrected chi connectivity index (χ2v) is 3.67. The van der Waals surface area contributed by atoms with E-state index < -0.39 is 12.1 Å². The number of aliphatic hydroxyl groups is 1. The fourth-order valence-corrected chi connectivity index (χ4v) is 1.33. The molecule has 0 aromatic heterocycles. The van der Waals surface area contributed by atoms with Crippen LogP contribution in [0, 0.1) is 11.3 Å². The minimum atomic E-state index is -0.882. The van der Waals surface area contributed by atoms with Gasteiger partial charge in [-0.1, -0.05) is 19.1 Å². The molecule has 0 saturated carbocycles. The quantitative estimate of drug-likeness (QED) is 0.789. The number of aliphatic hydroxyl groups excluding tert-OH is 1. The number of hydrogen-bond donors (Lipinski definition) is 1. The van der Waals surface area contributed by atoms with Crippen molar-refractivity contribution in [3.63, 3.8) is 0 Å². The summed E-state index contributed by atoms with van der Waals surface area (Å²) in [6.07, 6.45) is -0.183. The summed E-state index contributed by atoms with van der Waals surface area (Å²) in [5.41, 5.74) is 1.13. The number of carbonyl (C=O) groups excluding carboxylic acids is 1. The minimum absolute atomic E-state index is 0.0636. The molecule has 0 heterocycles. The van der Waals surface area contributed by atoms with Crippen LogP contribution < -0.4 is 0 Å². The molecule has 1 N–H and O–H groups in total. The first-order valence-electron chi connectivity index (χ1n) is 5.51. The summed E-state index contributed by atoms with van der Waals surface area (Å²) in [4.78, 5) is 11.3. The Morgan fingerprint density at radius 2 is 2.12 bits per heavy atom. The second-order valence-electron chi connectivity index (χ2n) is 3.67. The molecule has 0 aliphatic carbocycles. The largest absolute Gasteiger partial charge is 0.466 e. The summed E-state index contributed by atoms with van der Waals surface area (Å²) in [5, 5.41) is 18.4. The van der Waals surface area contributed by atoms with Gasteiger partial charge in [-0.05, 0) is 24.1 Å². The summed E-state index contributed by atoms with van der Waals surface area (Å²) < 4.78 is 4.88. The summed E-state index contributed by atoms with van der Waals surface area (Å²) in [7, 11) is 0. The number of hydrogen-bond acceptors (Lipinski definition) is 4. The van der Waals surface area contributed by atoms with Gasteiger partial charge in [0.2, 0.25) is 0 Å². The summed E-state index contributed by atoms with van der Waals surface area (Å²) >= 11 is 0. The molecule has 0 saturated heterocycles. The van der Waals surface area contributed by atoms with Crippen LogP contribution in [0.1, 0.15) is 37.0 Å². The molecule has 4 heteroatoms. The maximum atomic E-state index is 11.3. The maximum absolute atomic E-state index is 11.3. The zero-order valence-corrected chi connectivity index (χ0v) is 9.72. The molecule has 0 aliphatic rings. The molecule has 0 bridgehead atoms. The Balaban J connectivity index is 2.54. The van der Waals surface area contributed by atoms with Gasteiger partial charge in [0.25, 0.3) is 0 Å². The topological polar surface area (TPSA) is 70.3 Å². The smallest absolute Gasteiger partial charge is 0.308 e. The Morgan fingerprint density at radius 3 is 2.65 bits per heavy atom. The predicted octanol–water partition coefficient (Wildman–Crippen LogP) is 1.93. The first-order chi connectivity index (χ1) is 8.17. The van der Waals surface area contributed by atoms with Crippen molar-refractivity contribution in [2.45, 2.75) is 25.9 Å².